The molecule has 2 N–H and O–H groups in total. The summed E-state index contributed by atoms with van der Waals surface area (Å²) < 4.78 is 23.1. The normalized spacial score (nSPS) is 24.6. The minimum Gasteiger partial charge on any atom is -0.335 e. The predicted molar refractivity (Wildman–Crippen MR) is 79.5 cm³/mol. The van der Waals surface area contributed by atoms with Crippen molar-refractivity contribution < 1.29 is 13.2 Å². The Balaban J connectivity index is 2.01. The Morgan fingerprint density at radius 1 is 1.29 bits per heavy atom. The van der Waals surface area contributed by atoms with Crippen LogP contribution in [0.1, 0.15) is 40.7 Å². The molecule has 1 saturated heterocycles. The lowest BCUT2D eigenvalue weighted by Crippen LogP contribution is -2.38. The number of sulfonamides is 1. The zero-order chi connectivity index (χ0) is 15.4. The molecular formula is C15H20N2O3S. The Hall–Kier alpha value is -1.40. The fraction of sp³-hybridized carbons (Fsp3) is 0.533. The van der Waals surface area contributed by atoms with E-state index in [4.69, 9.17) is 5.14 Å². The molecule has 0 radical (unpaired) electrons. The standard InChI is InChI=1S/C15H20N2O3S/c1-9-5-13(21(16,19)20)7-14(10(9)2)15(18)17-8-11-3-4-12(17)6-11/h5,7,11-12H,3-4,6,8H2,1-2H3,(H2,16,19,20). The van der Waals surface area contributed by atoms with Gasteiger partial charge in [-0.3, -0.25) is 4.79 Å². The van der Waals surface area contributed by atoms with Gasteiger partial charge in [0.25, 0.3) is 5.91 Å². The van der Waals surface area contributed by atoms with Gasteiger partial charge in [-0.15, -0.1) is 0 Å². The quantitative estimate of drug-likeness (QED) is 0.900. The third kappa shape index (κ3) is 2.46. The summed E-state index contributed by atoms with van der Waals surface area (Å²) >= 11 is 0. The topological polar surface area (TPSA) is 80.5 Å². The van der Waals surface area contributed by atoms with Gasteiger partial charge in [-0.25, -0.2) is 13.6 Å². The van der Waals surface area contributed by atoms with E-state index in [9.17, 15) is 13.2 Å². The van der Waals surface area contributed by atoms with Crippen molar-refractivity contribution in [2.24, 2.45) is 11.1 Å². The molecule has 2 aliphatic rings. The summed E-state index contributed by atoms with van der Waals surface area (Å²) in [6.45, 7) is 4.45. The number of primary sulfonamides is 1. The van der Waals surface area contributed by atoms with Crippen molar-refractivity contribution in [2.75, 3.05) is 6.54 Å². The average molecular weight is 308 g/mol. The summed E-state index contributed by atoms with van der Waals surface area (Å²) in [6.07, 6.45) is 3.34. The van der Waals surface area contributed by atoms with Crippen LogP contribution in [-0.4, -0.2) is 31.8 Å². The molecule has 0 spiro atoms. The third-order valence-electron chi connectivity index (χ3n) is 4.87. The molecule has 0 aromatic heterocycles. The number of carbonyl (C=O) groups is 1. The Morgan fingerprint density at radius 2 is 2.00 bits per heavy atom. The molecular weight excluding hydrogens is 288 g/mol. The van der Waals surface area contributed by atoms with Crippen molar-refractivity contribution in [3.63, 3.8) is 0 Å². The average Bonchev–Trinajstić information content (AvgIpc) is 3.02. The molecule has 5 nitrogen and oxygen atoms in total. The van der Waals surface area contributed by atoms with Gasteiger partial charge in [0.15, 0.2) is 0 Å². The van der Waals surface area contributed by atoms with Crippen LogP contribution < -0.4 is 5.14 Å². The van der Waals surface area contributed by atoms with Crippen LogP contribution >= 0.6 is 0 Å². The first kappa shape index (κ1) is 14.5. The molecule has 2 unspecified atom stereocenters. The molecule has 1 heterocycles. The Morgan fingerprint density at radius 3 is 2.52 bits per heavy atom. The maximum Gasteiger partial charge on any atom is 0.254 e. The summed E-state index contributed by atoms with van der Waals surface area (Å²) in [6, 6.07) is 3.27. The molecule has 1 aliphatic heterocycles. The van der Waals surface area contributed by atoms with Gasteiger partial charge in [-0.2, -0.15) is 0 Å². The van der Waals surface area contributed by atoms with Crippen LogP contribution in [0.2, 0.25) is 0 Å². The zero-order valence-corrected chi connectivity index (χ0v) is 13.1. The summed E-state index contributed by atoms with van der Waals surface area (Å²) in [5.74, 6) is 0.551. The lowest BCUT2D eigenvalue weighted by Gasteiger charge is -2.28. The number of fused-ring (bicyclic) bond motifs is 2. The number of piperidine rings is 1. The number of amides is 1. The van der Waals surface area contributed by atoms with E-state index < -0.39 is 10.0 Å². The molecule has 1 aromatic carbocycles. The number of hydrogen-bond acceptors (Lipinski definition) is 3. The number of carbonyl (C=O) groups excluding carboxylic acids is 1. The Kier molecular flexibility index (Phi) is 3.33. The summed E-state index contributed by atoms with van der Waals surface area (Å²) in [7, 11) is -3.80. The second kappa shape index (κ2) is 4.81. The van der Waals surface area contributed by atoms with E-state index in [1.807, 2.05) is 11.8 Å². The van der Waals surface area contributed by atoms with E-state index in [0.717, 1.165) is 30.5 Å². The van der Waals surface area contributed by atoms with E-state index in [2.05, 4.69) is 0 Å². The number of likely N-dealkylation sites (tertiary alicyclic amines) is 1. The fourth-order valence-electron chi connectivity index (χ4n) is 3.54. The smallest absolute Gasteiger partial charge is 0.254 e. The number of benzene rings is 1. The van der Waals surface area contributed by atoms with Crippen molar-refractivity contribution in [1.82, 2.24) is 4.90 Å². The van der Waals surface area contributed by atoms with Crippen LogP contribution in [0.3, 0.4) is 0 Å². The SMILES string of the molecule is Cc1cc(S(N)(=O)=O)cc(C(=O)N2CC3CCC2C3)c1C. The van der Waals surface area contributed by atoms with Crippen LogP contribution in [0.5, 0.6) is 0 Å². The zero-order valence-electron chi connectivity index (χ0n) is 12.3. The number of rotatable bonds is 2. The molecule has 1 aromatic rings. The predicted octanol–water partition coefficient (Wildman–Crippen LogP) is 1.58. The number of nitrogens with zero attached hydrogens (tertiary/aromatic N) is 1. The van der Waals surface area contributed by atoms with E-state index >= 15 is 0 Å². The van der Waals surface area contributed by atoms with Crippen LogP contribution in [-0.2, 0) is 10.0 Å². The van der Waals surface area contributed by atoms with E-state index in [-0.39, 0.29) is 10.8 Å². The van der Waals surface area contributed by atoms with Crippen LogP contribution in [0, 0.1) is 19.8 Å². The van der Waals surface area contributed by atoms with Crippen molar-refractivity contribution in [3.05, 3.63) is 28.8 Å². The molecule has 6 heteroatoms. The molecule has 1 amide bonds. The van der Waals surface area contributed by atoms with Gasteiger partial charge in [-0.1, -0.05) is 0 Å². The van der Waals surface area contributed by atoms with Gasteiger partial charge < -0.3 is 4.90 Å². The van der Waals surface area contributed by atoms with Crippen molar-refractivity contribution in [3.8, 4) is 0 Å². The molecule has 21 heavy (non-hydrogen) atoms. The fourth-order valence-corrected chi connectivity index (χ4v) is 4.16. The number of aryl methyl sites for hydroxylation is 1. The monoisotopic (exact) mass is 308 g/mol. The second-order valence-corrected chi connectivity index (χ2v) is 7.81. The third-order valence-corrected chi connectivity index (χ3v) is 5.76. The minimum absolute atomic E-state index is 0.0123. The highest BCUT2D eigenvalue weighted by molar-refractivity contribution is 7.89. The maximum atomic E-state index is 12.8. The van der Waals surface area contributed by atoms with Crippen LogP contribution in [0.25, 0.3) is 0 Å². The summed E-state index contributed by atoms with van der Waals surface area (Å²) in [4.78, 5) is 14.7. The van der Waals surface area contributed by atoms with Crippen molar-refractivity contribution in [2.45, 2.75) is 44.0 Å². The van der Waals surface area contributed by atoms with Crippen LogP contribution in [0.4, 0.5) is 0 Å². The van der Waals surface area contributed by atoms with E-state index in [1.54, 1.807) is 6.92 Å². The Labute approximate surface area is 125 Å². The lowest BCUT2D eigenvalue weighted by molar-refractivity contribution is 0.0702. The second-order valence-electron chi connectivity index (χ2n) is 6.25. The van der Waals surface area contributed by atoms with Gasteiger partial charge in [0.2, 0.25) is 10.0 Å². The molecule has 2 atom stereocenters. The lowest BCUT2D eigenvalue weighted by atomic mass is 10.0. The summed E-state index contributed by atoms with van der Waals surface area (Å²) in [5, 5.41) is 5.21. The first-order valence-electron chi connectivity index (χ1n) is 7.22. The van der Waals surface area contributed by atoms with Crippen LogP contribution in [0.15, 0.2) is 17.0 Å². The highest BCUT2D eigenvalue weighted by Gasteiger charge is 2.40. The minimum atomic E-state index is -3.80. The summed E-state index contributed by atoms with van der Waals surface area (Å²) in [5.41, 5.74) is 2.07. The molecule has 3 rings (SSSR count). The molecule has 1 aliphatic carbocycles. The van der Waals surface area contributed by atoms with Gasteiger partial charge in [-0.05, 0) is 62.3 Å². The first-order valence-corrected chi connectivity index (χ1v) is 8.77. The largest absolute Gasteiger partial charge is 0.335 e. The van der Waals surface area contributed by atoms with Crippen molar-refractivity contribution >= 4 is 15.9 Å². The van der Waals surface area contributed by atoms with E-state index in [0.29, 0.717) is 17.5 Å². The van der Waals surface area contributed by atoms with Gasteiger partial charge in [0, 0.05) is 18.2 Å². The molecule has 2 bridgehead atoms. The Bertz CT molecular complexity index is 712. The molecule has 1 saturated carbocycles. The number of hydrogen-bond donors (Lipinski definition) is 1. The highest BCUT2D eigenvalue weighted by Crippen LogP contribution is 2.38. The van der Waals surface area contributed by atoms with Crippen molar-refractivity contribution in [1.29, 1.82) is 0 Å². The maximum absolute atomic E-state index is 12.8. The molecule has 114 valence electrons. The number of nitrogens with two attached hydrogens (primary N) is 1. The first-order chi connectivity index (χ1) is 9.77. The molecule has 2 fully saturated rings. The van der Waals surface area contributed by atoms with Gasteiger partial charge in [0.05, 0.1) is 4.90 Å². The van der Waals surface area contributed by atoms with Gasteiger partial charge >= 0.3 is 0 Å². The highest BCUT2D eigenvalue weighted by atomic mass is 32.2. The van der Waals surface area contributed by atoms with E-state index in [1.165, 1.54) is 18.6 Å². The van der Waals surface area contributed by atoms with Gasteiger partial charge in [0.1, 0.15) is 0 Å².